The predicted octanol–water partition coefficient (Wildman–Crippen LogP) is 2.93. The normalized spacial score (nSPS) is 10.8. The van der Waals surface area contributed by atoms with Gasteiger partial charge in [-0.05, 0) is 29.6 Å². The molecule has 140 valence electrons. The minimum Gasteiger partial charge on any atom is -0.493 e. The van der Waals surface area contributed by atoms with Gasteiger partial charge in [0.2, 0.25) is 5.75 Å². The zero-order valence-electron chi connectivity index (χ0n) is 15.0. The second kappa shape index (κ2) is 8.37. The van der Waals surface area contributed by atoms with Crippen molar-refractivity contribution in [1.82, 2.24) is 15.6 Å². The first kappa shape index (κ1) is 18.5. The van der Waals surface area contributed by atoms with Crippen LogP contribution < -0.4 is 19.6 Å². The van der Waals surface area contributed by atoms with E-state index in [1.54, 1.807) is 36.6 Å². The minimum atomic E-state index is -0.426. The summed E-state index contributed by atoms with van der Waals surface area (Å²) < 4.78 is 15.9. The summed E-state index contributed by atoms with van der Waals surface area (Å²) in [5.41, 5.74) is 4.09. The molecule has 1 aromatic carbocycles. The zero-order valence-corrected chi connectivity index (χ0v) is 15.8. The summed E-state index contributed by atoms with van der Waals surface area (Å²) in [7, 11) is 4.58. The van der Waals surface area contributed by atoms with Crippen LogP contribution in [0, 0.1) is 0 Å². The van der Waals surface area contributed by atoms with Crippen molar-refractivity contribution in [3.63, 3.8) is 0 Å². The molecule has 2 aromatic heterocycles. The third-order valence-electron chi connectivity index (χ3n) is 3.70. The Labute approximate surface area is 159 Å². The van der Waals surface area contributed by atoms with E-state index in [1.165, 1.54) is 20.4 Å². The monoisotopic (exact) mass is 386 g/mol. The Balaban J connectivity index is 1.73. The minimum absolute atomic E-state index is 0.245. The molecule has 27 heavy (non-hydrogen) atoms. The molecule has 0 unspecified atom stereocenters. The maximum Gasteiger partial charge on any atom is 0.291 e. The van der Waals surface area contributed by atoms with Crippen LogP contribution >= 0.6 is 11.3 Å². The van der Waals surface area contributed by atoms with Crippen LogP contribution in [0.5, 0.6) is 17.2 Å². The number of nitrogens with zero attached hydrogens (tertiary/aromatic N) is 2. The summed E-state index contributed by atoms with van der Waals surface area (Å²) in [6, 6.07) is 9.03. The van der Waals surface area contributed by atoms with Gasteiger partial charge in [-0.3, -0.25) is 9.89 Å². The second-order valence-corrected chi connectivity index (χ2v) is 6.21. The van der Waals surface area contributed by atoms with Gasteiger partial charge in [0.05, 0.1) is 38.1 Å². The highest BCUT2D eigenvalue weighted by molar-refractivity contribution is 7.13. The van der Waals surface area contributed by atoms with Gasteiger partial charge in [-0.1, -0.05) is 6.07 Å². The molecule has 1 amide bonds. The third kappa shape index (κ3) is 3.93. The number of hydrazone groups is 1. The van der Waals surface area contributed by atoms with Crippen LogP contribution in [0.1, 0.15) is 16.1 Å². The number of H-pyrrole nitrogens is 1. The van der Waals surface area contributed by atoms with Gasteiger partial charge >= 0.3 is 0 Å². The fourth-order valence-electron chi connectivity index (χ4n) is 2.44. The van der Waals surface area contributed by atoms with Gasteiger partial charge in [0.1, 0.15) is 0 Å². The number of rotatable bonds is 7. The van der Waals surface area contributed by atoms with E-state index in [4.69, 9.17) is 14.2 Å². The summed E-state index contributed by atoms with van der Waals surface area (Å²) >= 11 is 1.56. The molecule has 0 aliphatic rings. The lowest BCUT2D eigenvalue weighted by atomic mass is 10.2. The molecule has 2 N–H and O–H groups in total. The van der Waals surface area contributed by atoms with E-state index in [0.717, 1.165) is 10.6 Å². The first-order valence-corrected chi connectivity index (χ1v) is 8.77. The number of carbonyl (C=O) groups excluding carboxylic acids is 1. The number of methoxy groups -OCH3 is 3. The molecule has 3 rings (SSSR count). The lowest BCUT2D eigenvalue weighted by molar-refractivity contribution is 0.0950. The van der Waals surface area contributed by atoms with Crippen molar-refractivity contribution in [1.29, 1.82) is 0 Å². The van der Waals surface area contributed by atoms with Crippen LogP contribution in [0.4, 0.5) is 0 Å². The molecule has 0 atom stereocenters. The first-order valence-electron chi connectivity index (χ1n) is 7.89. The van der Waals surface area contributed by atoms with Crippen molar-refractivity contribution in [3.05, 3.63) is 47.0 Å². The molecule has 9 heteroatoms. The molecule has 3 aromatic rings. The van der Waals surface area contributed by atoms with Gasteiger partial charge in [0, 0.05) is 5.56 Å². The zero-order chi connectivity index (χ0) is 19.2. The third-order valence-corrected chi connectivity index (χ3v) is 4.60. The lowest BCUT2D eigenvalue weighted by Crippen LogP contribution is -2.18. The predicted molar refractivity (Wildman–Crippen MR) is 103 cm³/mol. The van der Waals surface area contributed by atoms with Crippen LogP contribution in [0.15, 0.2) is 40.8 Å². The Morgan fingerprint density at radius 3 is 2.67 bits per heavy atom. The molecule has 0 aliphatic heterocycles. The maximum absolute atomic E-state index is 12.2. The quantitative estimate of drug-likeness (QED) is 0.481. The Morgan fingerprint density at radius 2 is 2.00 bits per heavy atom. The smallest absolute Gasteiger partial charge is 0.291 e. The molecule has 0 saturated heterocycles. The highest BCUT2D eigenvalue weighted by Gasteiger charge is 2.15. The van der Waals surface area contributed by atoms with E-state index < -0.39 is 5.91 Å². The molecule has 2 heterocycles. The molecule has 0 fully saturated rings. The summed E-state index contributed by atoms with van der Waals surface area (Å²) in [4.78, 5) is 13.2. The topological polar surface area (TPSA) is 97.8 Å². The number of ether oxygens (including phenoxy) is 3. The van der Waals surface area contributed by atoms with Crippen molar-refractivity contribution < 1.29 is 19.0 Å². The second-order valence-electron chi connectivity index (χ2n) is 5.27. The number of nitrogens with one attached hydrogen (secondary N) is 2. The van der Waals surface area contributed by atoms with Crippen LogP contribution in [0.25, 0.3) is 10.6 Å². The molecule has 0 bridgehead atoms. The van der Waals surface area contributed by atoms with Crippen molar-refractivity contribution in [2.45, 2.75) is 0 Å². The lowest BCUT2D eigenvalue weighted by Gasteiger charge is -2.13. The number of carbonyl (C=O) groups is 1. The Hall–Kier alpha value is -3.33. The van der Waals surface area contributed by atoms with Gasteiger partial charge in [0.15, 0.2) is 17.2 Å². The Morgan fingerprint density at radius 1 is 1.19 bits per heavy atom. The van der Waals surface area contributed by atoms with Gasteiger partial charge < -0.3 is 14.2 Å². The molecule has 0 spiro atoms. The number of hydrogen-bond acceptors (Lipinski definition) is 7. The Kier molecular flexibility index (Phi) is 5.72. The summed E-state index contributed by atoms with van der Waals surface area (Å²) in [6.07, 6.45) is 1.46. The largest absolute Gasteiger partial charge is 0.493 e. The molecular formula is C18H18N4O4S. The first-order chi connectivity index (χ1) is 13.2. The molecule has 8 nitrogen and oxygen atoms in total. The van der Waals surface area contributed by atoms with Crippen LogP contribution in [0.3, 0.4) is 0 Å². The highest BCUT2D eigenvalue weighted by Crippen LogP contribution is 2.38. The van der Waals surface area contributed by atoms with Crippen LogP contribution in [-0.4, -0.2) is 43.6 Å². The SMILES string of the molecule is COc1ccc(C=NNC(=O)c2cc(-c3cccs3)[nH]n2)c(OC)c1OC. The van der Waals surface area contributed by atoms with Gasteiger partial charge in [-0.25, -0.2) is 5.43 Å². The average molecular weight is 386 g/mol. The fourth-order valence-corrected chi connectivity index (χ4v) is 3.13. The van der Waals surface area contributed by atoms with E-state index in [0.29, 0.717) is 22.8 Å². The van der Waals surface area contributed by atoms with E-state index in [1.807, 2.05) is 17.5 Å². The molecule has 0 saturated carbocycles. The van der Waals surface area contributed by atoms with E-state index in [9.17, 15) is 4.79 Å². The molecular weight excluding hydrogens is 368 g/mol. The van der Waals surface area contributed by atoms with Crippen LogP contribution in [-0.2, 0) is 0 Å². The number of amides is 1. The highest BCUT2D eigenvalue weighted by atomic mass is 32.1. The number of benzene rings is 1. The van der Waals surface area contributed by atoms with Crippen molar-refractivity contribution in [3.8, 4) is 27.8 Å². The fraction of sp³-hybridized carbons (Fsp3) is 0.167. The van der Waals surface area contributed by atoms with E-state index in [-0.39, 0.29) is 5.69 Å². The summed E-state index contributed by atoms with van der Waals surface area (Å²) in [5, 5.41) is 12.8. The number of aromatic amines is 1. The maximum atomic E-state index is 12.2. The van der Waals surface area contributed by atoms with Crippen molar-refractivity contribution in [2.24, 2.45) is 5.10 Å². The van der Waals surface area contributed by atoms with Gasteiger partial charge in [-0.15, -0.1) is 11.3 Å². The van der Waals surface area contributed by atoms with Crippen molar-refractivity contribution in [2.75, 3.05) is 21.3 Å². The van der Waals surface area contributed by atoms with E-state index in [2.05, 4.69) is 20.7 Å². The number of thiophene rings is 1. The van der Waals surface area contributed by atoms with Gasteiger partial charge in [-0.2, -0.15) is 10.2 Å². The van der Waals surface area contributed by atoms with Crippen LogP contribution in [0.2, 0.25) is 0 Å². The van der Waals surface area contributed by atoms with Gasteiger partial charge in [0.25, 0.3) is 5.91 Å². The summed E-state index contributed by atoms with van der Waals surface area (Å²) in [5.74, 6) is 1.01. The standard InChI is InChI=1S/C18H18N4O4S/c1-24-14-7-6-11(16(25-2)17(14)26-3)10-19-22-18(23)13-9-12(20-21-13)15-5-4-8-27-15/h4-10H,1-3H3,(H,20,21)(H,22,23). The summed E-state index contributed by atoms with van der Waals surface area (Å²) in [6.45, 7) is 0. The number of aromatic nitrogens is 2. The molecule has 0 aliphatic carbocycles. The number of hydrogen-bond donors (Lipinski definition) is 2. The Bertz CT molecular complexity index is 950. The average Bonchev–Trinajstić information content (AvgIpc) is 3.38. The van der Waals surface area contributed by atoms with E-state index >= 15 is 0 Å². The molecule has 0 radical (unpaired) electrons. The van der Waals surface area contributed by atoms with Crippen molar-refractivity contribution >= 4 is 23.5 Å².